The molecule has 0 radical (unpaired) electrons. The molecule has 1 unspecified atom stereocenters. The molecular weight excluding hydrogens is 296 g/mol. The van der Waals surface area contributed by atoms with E-state index in [-0.39, 0.29) is 0 Å². The molecule has 15 heavy (non-hydrogen) atoms. The summed E-state index contributed by atoms with van der Waals surface area (Å²) >= 11 is 11.2. The van der Waals surface area contributed by atoms with E-state index in [0.29, 0.717) is 10.3 Å². The van der Waals surface area contributed by atoms with Gasteiger partial charge in [0, 0.05) is 5.25 Å². The van der Waals surface area contributed by atoms with Gasteiger partial charge in [0.25, 0.3) is 0 Å². The summed E-state index contributed by atoms with van der Waals surface area (Å²) in [6, 6.07) is 5.74. The maximum Gasteiger partial charge on any atom is 0.161 e. The number of nitrogens with zero attached hydrogens (tertiary/aromatic N) is 1. The number of halogens is 2. The van der Waals surface area contributed by atoms with Gasteiger partial charge in [-0.2, -0.15) is 0 Å². The van der Waals surface area contributed by atoms with Crippen molar-refractivity contribution in [2.45, 2.75) is 12.2 Å². The fourth-order valence-electron chi connectivity index (χ4n) is 1.26. The van der Waals surface area contributed by atoms with Crippen molar-refractivity contribution in [1.82, 2.24) is 0 Å². The Hall–Kier alpha value is -0.190. The van der Waals surface area contributed by atoms with Crippen LogP contribution in [-0.4, -0.2) is 17.0 Å². The number of rotatable bonds is 1. The third kappa shape index (κ3) is 2.68. The number of hydrogen-bond acceptors (Lipinski definition) is 3. The molecule has 0 saturated carbocycles. The smallest absolute Gasteiger partial charge is 0.161 e. The van der Waals surface area contributed by atoms with E-state index in [2.05, 4.69) is 33.2 Å². The average molecular weight is 306 g/mol. The van der Waals surface area contributed by atoms with Crippen LogP contribution in [0.4, 0.5) is 5.69 Å². The molecule has 0 amide bonds. The van der Waals surface area contributed by atoms with E-state index in [1.165, 1.54) is 0 Å². The molecule has 0 spiro atoms. The lowest BCUT2D eigenvalue weighted by atomic mass is 10.3. The van der Waals surface area contributed by atoms with Crippen LogP contribution in [-0.2, 0) is 0 Å². The monoisotopic (exact) mass is 304 g/mol. The van der Waals surface area contributed by atoms with Crippen molar-refractivity contribution < 1.29 is 0 Å². The van der Waals surface area contributed by atoms with Crippen molar-refractivity contribution >= 4 is 50.1 Å². The first-order valence-electron chi connectivity index (χ1n) is 4.59. The van der Waals surface area contributed by atoms with Gasteiger partial charge in [-0.3, -0.25) is 4.99 Å². The van der Waals surface area contributed by atoms with E-state index in [1.807, 2.05) is 18.2 Å². The van der Waals surface area contributed by atoms with E-state index in [1.54, 1.807) is 11.8 Å². The second-order valence-electron chi connectivity index (χ2n) is 3.30. The quantitative estimate of drug-likeness (QED) is 0.848. The Labute approximate surface area is 107 Å². The van der Waals surface area contributed by atoms with Gasteiger partial charge in [-0.1, -0.05) is 36.4 Å². The minimum Gasteiger partial charge on any atom is -0.334 e. The Morgan fingerprint density at radius 2 is 2.40 bits per heavy atom. The zero-order chi connectivity index (χ0) is 10.8. The van der Waals surface area contributed by atoms with Crippen molar-refractivity contribution in [3.05, 3.63) is 27.7 Å². The second kappa shape index (κ2) is 4.76. The highest BCUT2D eigenvalue weighted by Crippen LogP contribution is 2.31. The molecule has 1 heterocycles. The van der Waals surface area contributed by atoms with Gasteiger partial charge in [-0.05, 0) is 28.1 Å². The maximum atomic E-state index is 5.99. The molecule has 1 atom stereocenters. The van der Waals surface area contributed by atoms with Crippen LogP contribution in [0.5, 0.6) is 0 Å². The standard InChI is InChI=1S/C10H10BrClN2S/c1-6-5-13-10(15-6)14-8-4-2-3-7(12)9(8)11/h2-4,6H,5H2,1H3,(H,13,14). The molecule has 2 nitrogen and oxygen atoms in total. The number of nitrogens with one attached hydrogen (secondary N) is 1. The first-order valence-corrected chi connectivity index (χ1v) is 6.64. The van der Waals surface area contributed by atoms with E-state index in [4.69, 9.17) is 11.6 Å². The molecule has 2 rings (SSSR count). The molecule has 1 aliphatic heterocycles. The zero-order valence-electron chi connectivity index (χ0n) is 8.13. The number of amidine groups is 1. The van der Waals surface area contributed by atoms with Crippen LogP contribution in [0, 0.1) is 0 Å². The van der Waals surface area contributed by atoms with Crippen molar-refractivity contribution in [2.24, 2.45) is 4.99 Å². The van der Waals surface area contributed by atoms with E-state index >= 15 is 0 Å². The minimum atomic E-state index is 0.561. The second-order valence-corrected chi connectivity index (χ2v) is 5.93. The summed E-state index contributed by atoms with van der Waals surface area (Å²) in [5.74, 6) is 0. The van der Waals surface area contributed by atoms with Gasteiger partial charge >= 0.3 is 0 Å². The summed E-state index contributed by atoms with van der Waals surface area (Å²) < 4.78 is 0.884. The molecular formula is C10H10BrClN2S. The number of benzene rings is 1. The van der Waals surface area contributed by atoms with E-state index in [9.17, 15) is 0 Å². The molecule has 5 heteroatoms. The Balaban J connectivity index is 2.15. The zero-order valence-corrected chi connectivity index (χ0v) is 11.3. The van der Waals surface area contributed by atoms with Gasteiger partial charge in [0.05, 0.1) is 21.7 Å². The Morgan fingerprint density at radius 1 is 1.60 bits per heavy atom. The predicted molar refractivity (Wildman–Crippen MR) is 72.1 cm³/mol. The largest absolute Gasteiger partial charge is 0.334 e. The summed E-state index contributed by atoms with van der Waals surface area (Å²) in [6.45, 7) is 3.04. The van der Waals surface area contributed by atoms with E-state index < -0.39 is 0 Å². The van der Waals surface area contributed by atoms with Crippen LogP contribution in [0.15, 0.2) is 27.7 Å². The molecule has 0 fully saturated rings. The number of thioether (sulfide) groups is 1. The fraction of sp³-hybridized carbons (Fsp3) is 0.300. The lowest BCUT2D eigenvalue weighted by Gasteiger charge is -2.08. The van der Waals surface area contributed by atoms with Gasteiger partial charge in [0.2, 0.25) is 0 Å². The Morgan fingerprint density at radius 3 is 3.07 bits per heavy atom. The highest BCUT2D eigenvalue weighted by atomic mass is 79.9. The SMILES string of the molecule is CC1CN=C(Nc2cccc(Cl)c2Br)S1. The van der Waals surface area contributed by atoms with Gasteiger partial charge in [0.15, 0.2) is 5.17 Å². The average Bonchev–Trinajstić information content (AvgIpc) is 2.59. The van der Waals surface area contributed by atoms with Crippen molar-refractivity contribution in [1.29, 1.82) is 0 Å². The summed E-state index contributed by atoms with van der Waals surface area (Å²) in [4.78, 5) is 4.39. The van der Waals surface area contributed by atoms with Crippen LogP contribution in [0.3, 0.4) is 0 Å². The molecule has 0 bridgehead atoms. The maximum absolute atomic E-state index is 5.99. The fourth-order valence-corrected chi connectivity index (χ4v) is 2.65. The van der Waals surface area contributed by atoms with E-state index in [0.717, 1.165) is 21.9 Å². The first-order chi connectivity index (χ1) is 7.16. The van der Waals surface area contributed by atoms with Crippen LogP contribution in [0.1, 0.15) is 6.92 Å². The molecule has 0 saturated heterocycles. The molecule has 1 aromatic carbocycles. The number of hydrogen-bond donors (Lipinski definition) is 1. The molecule has 1 N–H and O–H groups in total. The van der Waals surface area contributed by atoms with Crippen LogP contribution in [0.2, 0.25) is 5.02 Å². The Kier molecular flexibility index (Phi) is 3.59. The molecule has 0 aliphatic carbocycles. The summed E-state index contributed by atoms with van der Waals surface area (Å²) in [5.41, 5.74) is 0.961. The first kappa shape index (κ1) is 11.3. The highest BCUT2D eigenvalue weighted by Gasteiger charge is 2.15. The van der Waals surface area contributed by atoms with Crippen molar-refractivity contribution in [2.75, 3.05) is 11.9 Å². The molecule has 1 aromatic rings. The summed E-state index contributed by atoms with van der Waals surface area (Å²) in [6.07, 6.45) is 0. The predicted octanol–water partition coefficient (Wildman–Crippen LogP) is 4.01. The topological polar surface area (TPSA) is 24.4 Å². The normalized spacial score (nSPS) is 20.2. The number of aliphatic imine (C=N–C) groups is 1. The Bertz CT molecular complexity index is 408. The van der Waals surface area contributed by atoms with Crippen molar-refractivity contribution in [3.63, 3.8) is 0 Å². The van der Waals surface area contributed by atoms with Gasteiger partial charge in [0.1, 0.15) is 0 Å². The van der Waals surface area contributed by atoms with Crippen molar-refractivity contribution in [3.8, 4) is 0 Å². The van der Waals surface area contributed by atoms with Gasteiger partial charge < -0.3 is 5.32 Å². The van der Waals surface area contributed by atoms with Gasteiger partial charge in [-0.25, -0.2) is 0 Å². The van der Waals surface area contributed by atoms with Crippen LogP contribution < -0.4 is 5.32 Å². The van der Waals surface area contributed by atoms with Crippen LogP contribution in [0.25, 0.3) is 0 Å². The summed E-state index contributed by atoms with van der Waals surface area (Å²) in [7, 11) is 0. The molecule has 0 aromatic heterocycles. The highest BCUT2D eigenvalue weighted by molar-refractivity contribution is 9.10. The molecule has 1 aliphatic rings. The summed E-state index contributed by atoms with van der Waals surface area (Å²) in [5, 5.41) is 5.49. The third-order valence-corrected chi connectivity index (χ3v) is 4.40. The van der Waals surface area contributed by atoms with Gasteiger partial charge in [-0.15, -0.1) is 0 Å². The lowest BCUT2D eigenvalue weighted by Crippen LogP contribution is -2.06. The molecule has 80 valence electrons. The third-order valence-electron chi connectivity index (χ3n) is 2.00. The van der Waals surface area contributed by atoms with Crippen LogP contribution >= 0.6 is 39.3 Å². The lowest BCUT2D eigenvalue weighted by molar-refractivity contribution is 0.976. The minimum absolute atomic E-state index is 0.561. The number of anilines is 1.